The number of rotatable bonds is 8. The molecule has 0 aliphatic carbocycles. The van der Waals surface area contributed by atoms with Crippen LogP contribution in [0.4, 0.5) is 11.8 Å². The molecule has 0 bridgehead atoms. The zero-order valence-electron chi connectivity index (χ0n) is 10.3. The minimum atomic E-state index is 0.154. The molecule has 1 rings (SSSR count). The largest absolute Gasteiger partial charge is 0.477 e. The minimum Gasteiger partial charge on any atom is -0.477 e. The first kappa shape index (κ1) is 13.5. The third-order valence-corrected chi connectivity index (χ3v) is 2.37. The number of unbranched alkanes of at least 4 members (excludes halogenated alkanes) is 4. The SMILES string of the molecule is CCCCCCCOc1cc(NN)nc(N)n1. The summed E-state index contributed by atoms with van der Waals surface area (Å²) in [5, 5.41) is 0. The third kappa shape index (κ3) is 5.35. The lowest BCUT2D eigenvalue weighted by atomic mass is 10.2. The molecule has 0 saturated carbocycles. The number of ether oxygens (including phenoxy) is 1. The van der Waals surface area contributed by atoms with Crippen LogP contribution in [0.5, 0.6) is 5.88 Å². The van der Waals surface area contributed by atoms with E-state index < -0.39 is 0 Å². The number of nitrogens with two attached hydrogens (primary N) is 2. The number of hydrogen-bond donors (Lipinski definition) is 3. The fourth-order valence-electron chi connectivity index (χ4n) is 1.47. The van der Waals surface area contributed by atoms with Gasteiger partial charge in [-0.3, -0.25) is 0 Å². The molecule has 1 aromatic heterocycles. The van der Waals surface area contributed by atoms with Gasteiger partial charge in [0.25, 0.3) is 0 Å². The molecule has 6 nitrogen and oxygen atoms in total. The first-order valence-corrected chi connectivity index (χ1v) is 6.00. The van der Waals surface area contributed by atoms with Gasteiger partial charge in [0.2, 0.25) is 11.8 Å². The molecule has 1 aromatic rings. The summed E-state index contributed by atoms with van der Waals surface area (Å²) >= 11 is 0. The van der Waals surface area contributed by atoms with Crippen LogP contribution in [0.2, 0.25) is 0 Å². The molecule has 1 heterocycles. The molecule has 0 aliphatic heterocycles. The van der Waals surface area contributed by atoms with Crippen LogP contribution in [0, 0.1) is 0 Å². The summed E-state index contributed by atoms with van der Waals surface area (Å²) in [5.74, 6) is 6.32. The maximum atomic E-state index is 5.51. The molecule has 0 fully saturated rings. The molecule has 0 spiro atoms. The molecule has 6 heteroatoms. The van der Waals surface area contributed by atoms with E-state index in [1.54, 1.807) is 6.07 Å². The summed E-state index contributed by atoms with van der Waals surface area (Å²) in [4.78, 5) is 7.84. The van der Waals surface area contributed by atoms with Gasteiger partial charge < -0.3 is 15.9 Å². The van der Waals surface area contributed by atoms with Gasteiger partial charge in [0.1, 0.15) is 5.82 Å². The van der Waals surface area contributed by atoms with Gasteiger partial charge in [-0.05, 0) is 6.42 Å². The molecule has 0 unspecified atom stereocenters. The lowest BCUT2D eigenvalue weighted by molar-refractivity contribution is 0.293. The van der Waals surface area contributed by atoms with Crippen molar-refractivity contribution in [2.24, 2.45) is 5.84 Å². The number of aromatic nitrogens is 2. The minimum absolute atomic E-state index is 0.154. The first-order valence-electron chi connectivity index (χ1n) is 6.00. The number of nitrogens with one attached hydrogen (secondary N) is 1. The quantitative estimate of drug-likeness (QED) is 0.363. The number of hydrogen-bond acceptors (Lipinski definition) is 6. The Morgan fingerprint density at radius 2 is 2.00 bits per heavy atom. The highest BCUT2D eigenvalue weighted by atomic mass is 16.5. The Labute approximate surface area is 102 Å². The fraction of sp³-hybridized carbons (Fsp3) is 0.636. The maximum Gasteiger partial charge on any atom is 0.225 e. The van der Waals surface area contributed by atoms with E-state index in [-0.39, 0.29) is 5.95 Å². The van der Waals surface area contributed by atoms with E-state index in [0.29, 0.717) is 18.3 Å². The zero-order chi connectivity index (χ0) is 12.5. The Morgan fingerprint density at radius 1 is 1.24 bits per heavy atom. The molecule has 0 aromatic carbocycles. The van der Waals surface area contributed by atoms with Crippen molar-refractivity contribution < 1.29 is 4.74 Å². The normalized spacial score (nSPS) is 10.2. The van der Waals surface area contributed by atoms with E-state index in [4.69, 9.17) is 16.3 Å². The van der Waals surface area contributed by atoms with Crippen LogP contribution in [0.1, 0.15) is 39.0 Å². The molecule has 96 valence electrons. The van der Waals surface area contributed by atoms with Gasteiger partial charge in [-0.2, -0.15) is 9.97 Å². The molecule has 17 heavy (non-hydrogen) atoms. The van der Waals surface area contributed by atoms with Crippen molar-refractivity contribution in [1.82, 2.24) is 9.97 Å². The molecule has 0 radical (unpaired) electrons. The van der Waals surface area contributed by atoms with E-state index in [2.05, 4.69) is 22.3 Å². The van der Waals surface area contributed by atoms with Gasteiger partial charge in [0.05, 0.1) is 6.61 Å². The van der Waals surface area contributed by atoms with Crippen molar-refractivity contribution >= 4 is 11.8 Å². The van der Waals surface area contributed by atoms with Crippen molar-refractivity contribution in [3.05, 3.63) is 6.07 Å². The Kier molecular flexibility index (Phi) is 6.09. The van der Waals surface area contributed by atoms with E-state index in [0.717, 1.165) is 6.42 Å². The highest BCUT2D eigenvalue weighted by Crippen LogP contribution is 2.14. The van der Waals surface area contributed by atoms with E-state index in [1.165, 1.54) is 25.7 Å². The fourth-order valence-corrected chi connectivity index (χ4v) is 1.47. The van der Waals surface area contributed by atoms with Crippen molar-refractivity contribution in [2.75, 3.05) is 17.8 Å². The highest BCUT2D eigenvalue weighted by molar-refractivity contribution is 5.41. The van der Waals surface area contributed by atoms with Crippen molar-refractivity contribution in [2.45, 2.75) is 39.0 Å². The van der Waals surface area contributed by atoms with Gasteiger partial charge in [0.15, 0.2) is 0 Å². The topological polar surface area (TPSA) is 99.1 Å². The van der Waals surface area contributed by atoms with Crippen molar-refractivity contribution in [1.29, 1.82) is 0 Å². The average molecular weight is 239 g/mol. The Hall–Kier alpha value is -1.56. The summed E-state index contributed by atoms with van der Waals surface area (Å²) in [6.45, 7) is 2.84. The predicted octanol–water partition coefficient (Wildman–Crippen LogP) is 1.69. The monoisotopic (exact) mass is 239 g/mol. The number of nitrogen functional groups attached to an aromatic ring is 2. The van der Waals surface area contributed by atoms with Crippen molar-refractivity contribution in [3.8, 4) is 5.88 Å². The lowest BCUT2D eigenvalue weighted by Crippen LogP contribution is -2.11. The number of hydrazine groups is 1. The van der Waals surface area contributed by atoms with E-state index in [1.807, 2.05) is 0 Å². The summed E-state index contributed by atoms with van der Waals surface area (Å²) in [6.07, 6.45) is 5.98. The average Bonchev–Trinajstić information content (AvgIpc) is 2.33. The standard InChI is InChI=1S/C11H21N5O/c1-2-3-4-5-6-7-17-10-8-9(16-13)14-11(12)15-10/h8H,2-7,13H2,1H3,(H3,12,14,15,16). The predicted molar refractivity (Wildman–Crippen MR) is 68.5 cm³/mol. The van der Waals surface area contributed by atoms with Crippen LogP contribution >= 0.6 is 0 Å². The van der Waals surface area contributed by atoms with Crippen molar-refractivity contribution in [3.63, 3.8) is 0 Å². The Morgan fingerprint density at radius 3 is 2.71 bits per heavy atom. The smallest absolute Gasteiger partial charge is 0.225 e. The molecule has 0 atom stereocenters. The van der Waals surface area contributed by atoms with E-state index in [9.17, 15) is 0 Å². The second kappa shape index (κ2) is 7.67. The van der Waals surface area contributed by atoms with Crippen LogP contribution < -0.4 is 21.7 Å². The van der Waals surface area contributed by atoms with Crippen LogP contribution in [0.25, 0.3) is 0 Å². The summed E-state index contributed by atoms with van der Waals surface area (Å²) < 4.78 is 5.48. The van der Waals surface area contributed by atoms with Crippen LogP contribution in [-0.2, 0) is 0 Å². The molecular weight excluding hydrogens is 218 g/mol. The molecular formula is C11H21N5O. The van der Waals surface area contributed by atoms with Crippen LogP contribution in [0.3, 0.4) is 0 Å². The second-order valence-corrected chi connectivity index (χ2v) is 3.86. The second-order valence-electron chi connectivity index (χ2n) is 3.86. The summed E-state index contributed by atoms with van der Waals surface area (Å²) in [6, 6.07) is 1.63. The van der Waals surface area contributed by atoms with Gasteiger partial charge >= 0.3 is 0 Å². The number of nitrogens with zero attached hydrogens (tertiary/aromatic N) is 2. The van der Waals surface area contributed by atoms with Gasteiger partial charge in [-0.1, -0.05) is 32.6 Å². The lowest BCUT2D eigenvalue weighted by Gasteiger charge is -2.07. The molecule has 0 aliphatic rings. The Bertz CT molecular complexity index is 332. The Balaban J connectivity index is 2.28. The van der Waals surface area contributed by atoms with E-state index >= 15 is 0 Å². The molecule has 5 N–H and O–H groups in total. The first-order chi connectivity index (χ1) is 8.26. The van der Waals surface area contributed by atoms with Gasteiger partial charge in [0, 0.05) is 6.07 Å². The maximum absolute atomic E-state index is 5.51. The molecule has 0 amide bonds. The zero-order valence-corrected chi connectivity index (χ0v) is 10.3. The highest BCUT2D eigenvalue weighted by Gasteiger charge is 2.01. The van der Waals surface area contributed by atoms with Crippen LogP contribution in [-0.4, -0.2) is 16.6 Å². The van der Waals surface area contributed by atoms with Gasteiger partial charge in [-0.15, -0.1) is 0 Å². The number of anilines is 2. The summed E-state index contributed by atoms with van der Waals surface area (Å²) in [7, 11) is 0. The third-order valence-electron chi connectivity index (χ3n) is 2.37. The van der Waals surface area contributed by atoms with Crippen LogP contribution in [0.15, 0.2) is 6.07 Å². The summed E-state index contributed by atoms with van der Waals surface area (Å²) in [5.41, 5.74) is 7.92. The molecule has 0 saturated heterocycles. The van der Waals surface area contributed by atoms with Gasteiger partial charge in [-0.25, -0.2) is 5.84 Å².